The molecule has 0 saturated heterocycles. The molecule has 0 aromatic rings. The van der Waals surface area contributed by atoms with Crippen molar-refractivity contribution in [2.45, 2.75) is 52.4 Å². The lowest BCUT2D eigenvalue weighted by Crippen LogP contribution is -2.34. The Labute approximate surface area is 107 Å². The molecule has 0 amide bonds. The Balaban J connectivity index is 4.04. The van der Waals surface area contributed by atoms with Crippen LogP contribution >= 0.6 is 0 Å². The second kappa shape index (κ2) is 12.3. The van der Waals surface area contributed by atoms with Crippen molar-refractivity contribution in [1.29, 1.82) is 0 Å². The third-order valence-electron chi connectivity index (χ3n) is 3.28. The van der Waals surface area contributed by atoms with Gasteiger partial charge in [-0.2, -0.15) is 0 Å². The van der Waals surface area contributed by atoms with Gasteiger partial charge in [-0.3, -0.25) is 4.90 Å². The van der Waals surface area contributed by atoms with Crippen LogP contribution in [0.1, 0.15) is 52.4 Å². The van der Waals surface area contributed by atoms with Gasteiger partial charge in [-0.25, -0.2) is 0 Å². The van der Waals surface area contributed by atoms with E-state index in [2.05, 4.69) is 18.7 Å². The van der Waals surface area contributed by atoms with E-state index in [1.807, 2.05) is 0 Å². The summed E-state index contributed by atoms with van der Waals surface area (Å²) in [6.45, 7) is 7.25. The van der Waals surface area contributed by atoms with Crippen LogP contribution in [0.15, 0.2) is 0 Å². The van der Waals surface area contributed by atoms with Crippen molar-refractivity contribution in [2.75, 3.05) is 32.8 Å². The molecule has 0 bridgehead atoms. The van der Waals surface area contributed by atoms with Crippen LogP contribution < -0.4 is 0 Å². The molecule has 0 aliphatic rings. The largest absolute Gasteiger partial charge is 0.395 e. The summed E-state index contributed by atoms with van der Waals surface area (Å²) in [7, 11) is 0. The number of aliphatic hydroxyl groups excluding tert-OH is 2. The summed E-state index contributed by atoms with van der Waals surface area (Å²) >= 11 is 0. The van der Waals surface area contributed by atoms with Crippen LogP contribution in [0.25, 0.3) is 0 Å². The number of nitrogens with zero attached hydrogens (tertiary/aromatic N) is 1. The molecule has 0 unspecified atom stereocenters. The van der Waals surface area contributed by atoms with Gasteiger partial charge < -0.3 is 10.2 Å². The second-order valence-corrected chi connectivity index (χ2v) is 4.90. The van der Waals surface area contributed by atoms with Crippen molar-refractivity contribution in [2.24, 2.45) is 5.92 Å². The van der Waals surface area contributed by atoms with Gasteiger partial charge >= 0.3 is 0 Å². The van der Waals surface area contributed by atoms with Crippen molar-refractivity contribution in [3.05, 3.63) is 0 Å². The monoisotopic (exact) mass is 245 g/mol. The Morgan fingerprint density at radius 1 is 0.882 bits per heavy atom. The third-order valence-corrected chi connectivity index (χ3v) is 3.28. The average molecular weight is 245 g/mol. The lowest BCUT2D eigenvalue weighted by atomic mass is 9.95. The topological polar surface area (TPSA) is 43.7 Å². The summed E-state index contributed by atoms with van der Waals surface area (Å²) in [4.78, 5) is 2.19. The Bertz CT molecular complexity index is 139. The summed E-state index contributed by atoms with van der Waals surface area (Å²) in [5, 5.41) is 18.0. The highest BCUT2D eigenvalue weighted by Gasteiger charge is 2.13. The molecule has 0 spiro atoms. The van der Waals surface area contributed by atoms with Crippen LogP contribution in [0.5, 0.6) is 0 Å². The first-order chi connectivity index (χ1) is 8.28. The molecule has 3 nitrogen and oxygen atoms in total. The van der Waals surface area contributed by atoms with Crippen LogP contribution in [0.3, 0.4) is 0 Å². The van der Waals surface area contributed by atoms with Gasteiger partial charge in [0.1, 0.15) is 0 Å². The first kappa shape index (κ1) is 16.9. The highest BCUT2D eigenvalue weighted by Crippen LogP contribution is 2.17. The van der Waals surface area contributed by atoms with Crippen LogP contribution in [0.2, 0.25) is 0 Å². The van der Waals surface area contributed by atoms with Gasteiger partial charge in [-0.15, -0.1) is 0 Å². The lowest BCUT2D eigenvalue weighted by molar-refractivity contribution is 0.138. The molecule has 0 fully saturated rings. The molecule has 0 heterocycles. The maximum atomic E-state index is 9.01. The maximum absolute atomic E-state index is 9.01. The number of aliphatic hydroxyl groups is 2. The van der Waals surface area contributed by atoms with E-state index in [9.17, 15) is 0 Å². The molecule has 0 aromatic carbocycles. The molecule has 0 rings (SSSR count). The van der Waals surface area contributed by atoms with Crippen molar-refractivity contribution in [1.82, 2.24) is 4.90 Å². The fourth-order valence-corrected chi connectivity index (χ4v) is 2.25. The smallest absolute Gasteiger partial charge is 0.0558 e. The van der Waals surface area contributed by atoms with Crippen LogP contribution in [0, 0.1) is 5.92 Å². The first-order valence-corrected chi connectivity index (χ1v) is 7.22. The Hall–Kier alpha value is -0.120. The zero-order chi connectivity index (χ0) is 12.9. The number of hydrogen-bond acceptors (Lipinski definition) is 3. The zero-order valence-corrected chi connectivity index (χ0v) is 11.7. The van der Waals surface area contributed by atoms with Gasteiger partial charge in [-0.05, 0) is 18.8 Å². The summed E-state index contributed by atoms with van der Waals surface area (Å²) in [6.07, 6.45) is 7.65. The van der Waals surface area contributed by atoms with E-state index in [0.29, 0.717) is 13.1 Å². The molecular formula is C14H31NO2. The van der Waals surface area contributed by atoms with Crippen LogP contribution in [0.4, 0.5) is 0 Å². The standard InChI is InChI=1S/C14H31NO2/c1-3-5-7-14(8-6-4-2)13-15(9-11-16)10-12-17/h14,16-17H,3-13H2,1-2H3. The summed E-state index contributed by atoms with van der Waals surface area (Å²) in [6, 6.07) is 0. The Morgan fingerprint density at radius 2 is 1.35 bits per heavy atom. The van der Waals surface area contributed by atoms with Crippen LogP contribution in [-0.4, -0.2) is 48.0 Å². The van der Waals surface area contributed by atoms with Gasteiger partial charge in [0, 0.05) is 19.6 Å². The quantitative estimate of drug-likeness (QED) is 0.554. The van der Waals surface area contributed by atoms with Gasteiger partial charge in [0.05, 0.1) is 13.2 Å². The highest BCUT2D eigenvalue weighted by molar-refractivity contribution is 4.66. The molecule has 0 aromatic heterocycles. The molecule has 0 saturated carbocycles. The average Bonchev–Trinajstić information content (AvgIpc) is 2.33. The van der Waals surface area contributed by atoms with E-state index < -0.39 is 0 Å². The summed E-state index contributed by atoms with van der Waals surface area (Å²) in [5.41, 5.74) is 0. The van der Waals surface area contributed by atoms with Gasteiger partial charge in [0.25, 0.3) is 0 Å². The van der Waals surface area contributed by atoms with Crippen molar-refractivity contribution in [3.63, 3.8) is 0 Å². The predicted octanol–water partition coefficient (Wildman–Crippen LogP) is 2.27. The van der Waals surface area contributed by atoms with Crippen LogP contribution in [-0.2, 0) is 0 Å². The van der Waals surface area contributed by atoms with Crippen molar-refractivity contribution >= 4 is 0 Å². The number of rotatable bonds is 12. The molecular weight excluding hydrogens is 214 g/mol. The van der Waals surface area contributed by atoms with Gasteiger partial charge in [0.2, 0.25) is 0 Å². The molecule has 104 valence electrons. The summed E-state index contributed by atoms with van der Waals surface area (Å²) in [5.74, 6) is 0.730. The number of unbranched alkanes of at least 4 members (excludes halogenated alkanes) is 2. The molecule has 0 aliphatic heterocycles. The molecule has 17 heavy (non-hydrogen) atoms. The van der Waals surface area contributed by atoms with E-state index in [0.717, 1.165) is 12.5 Å². The zero-order valence-electron chi connectivity index (χ0n) is 11.7. The highest BCUT2D eigenvalue weighted by atomic mass is 16.3. The van der Waals surface area contributed by atoms with E-state index in [4.69, 9.17) is 10.2 Å². The van der Waals surface area contributed by atoms with Crippen molar-refractivity contribution in [3.8, 4) is 0 Å². The SMILES string of the molecule is CCCCC(CCCC)CN(CCO)CCO. The minimum atomic E-state index is 0.189. The Kier molecular flexibility index (Phi) is 12.3. The molecule has 0 aliphatic carbocycles. The van der Waals surface area contributed by atoms with Crippen molar-refractivity contribution < 1.29 is 10.2 Å². The predicted molar refractivity (Wildman–Crippen MR) is 73.2 cm³/mol. The number of hydrogen-bond donors (Lipinski definition) is 2. The van der Waals surface area contributed by atoms with E-state index in [1.165, 1.54) is 38.5 Å². The molecule has 2 N–H and O–H groups in total. The first-order valence-electron chi connectivity index (χ1n) is 7.22. The van der Waals surface area contributed by atoms with E-state index >= 15 is 0 Å². The molecule has 3 heteroatoms. The van der Waals surface area contributed by atoms with Gasteiger partial charge in [-0.1, -0.05) is 39.5 Å². The minimum absolute atomic E-state index is 0.189. The fraction of sp³-hybridized carbons (Fsp3) is 1.00. The normalized spacial score (nSPS) is 11.6. The second-order valence-electron chi connectivity index (χ2n) is 4.90. The summed E-state index contributed by atoms with van der Waals surface area (Å²) < 4.78 is 0. The van der Waals surface area contributed by atoms with E-state index in [1.54, 1.807) is 0 Å². The van der Waals surface area contributed by atoms with Gasteiger partial charge in [0.15, 0.2) is 0 Å². The maximum Gasteiger partial charge on any atom is 0.0558 e. The Morgan fingerprint density at radius 3 is 1.71 bits per heavy atom. The fourth-order valence-electron chi connectivity index (χ4n) is 2.25. The molecule has 0 atom stereocenters. The molecule has 0 radical (unpaired) electrons. The lowest BCUT2D eigenvalue weighted by Gasteiger charge is -2.26. The van der Waals surface area contributed by atoms with E-state index in [-0.39, 0.29) is 13.2 Å². The minimum Gasteiger partial charge on any atom is -0.395 e. The third kappa shape index (κ3) is 9.57.